The fourth-order valence-electron chi connectivity index (χ4n) is 1.94. The van der Waals surface area contributed by atoms with Crippen LogP contribution >= 0.6 is 11.3 Å². The number of aryl methyl sites for hydroxylation is 1. The molecule has 2 aromatic rings. The van der Waals surface area contributed by atoms with E-state index in [1.165, 1.54) is 16.0 Å². The van der Waals surface area contributed by atoms with E-state index in [1.54, 1.807) is 18.4 Å². The Balaban J connectivity index is 2.14. The van der Waals surface area contributed by atoms with Crippen molar-refractivity contribution < 1.29 is 4.74 Å². The van der Waals surface area contributed by atoms with Crippen molar-refractivity contribution in [1.29, 1.82) is 0 Å². The number of hydrogen-bond donors (Lipinski definition) is 2. The van der Waals surface area contributed by atoms with Gasteiger partial charge in [0.15, 0.2) is 0 Å². The standard InChI is InChI=1S/C14H18N2OS/c1-10-4-3-5-11(6-10)7-13(16-15)14-8-12(17-2)9-18-14/h3-6,8-9,13,16H,7,15H2,1-2H3. The van der Waals surface area contributed by atoms with Crippen LogP contribution in [0.3, 0.4) is 0 Å². The van der Waals surface area contributed by atoms with Crippen LogP contribution in [0, 0.1) is 6.92 Å². The predicted molar refractivity (Wildman–Crippen MR) is 75.8 cm³/mol. The largest absolute Gasteiger partial charge is 0.496 e. The van der Waals surface area contributed by atoms with Crippen LogP contribution in [0.2, 0.25) is 0 Å². The fourth-order valence-corrected chi connectivity index (χ4v) is 2.86. The molecular formula is C14H18N2OS. The highest BCUT2D eigenvalue weighted by Gasteiger charge is 2.13. The number of nitrogens with two attached hydrogens (primary N) is 1. The average Bonchev–Trinajstić information content (AvgIpc) is 2.84. The maximum Gasteiger partial charge on any atom is 0.129 e. The third-order valence-electron chi connectivity index (χ3n) is 2.90. The van der Waals surface area contributed by atoms with E-state index in [4.69, 9.17) is 10.6 Å². The normalized spacial score (nSPS) is 12.4. The summed E-state index contributed by atoms with van der Waals surface area (Å²) in [5.41, 5.74) is 5.43. The Bertz CT molecular complexity index is 510. The van der Waals surface area contributed by atoms with Crippen molar-refractivity contribution >= 4 is 11.3 Å². The number of hydrazine groups is 1. The number of methoxy groups -OCH3 is 1. The van der Waals surface area contributed by atoms with E-state index in [0.29, 0.717) is 0 Å². The second kappa shape index (κ2) is 6.00. The summed E-state index contributed by atoms with van der Waals surface area (Å²) in [6.07, 6.45) is 0.877. The van der Waals surface area contributed by atoms with Crippen molar-refractivity contribution in [2.24, 2.45) is 5.84 Å². The van der Waals surface area contributed by atoms with Gasteiger partial charge in [-0.25, -0.2) is 0 Å². The number of rotatable bonds is 5. The molecule has 96 valence electrons. The van der Waals surface area contributed by atoms with Gasteiger partial charge in [0.25, 0.3) is 0 Å². The lowest BCUT2D eigenvalue weighted by atomic mass is 10.0. The van der Waals surface area contributed by atoms with E-state index in [2.05, 4.69) is 36.6 Å². The molecule has 3 nitrogen and oxygen atoms in total. The topological polar surface area (TPSA) is 47.3 Å². The Kier molecular flexibility index (Phi) is 4.36. The molecule has 0 aliphatic carbocycles. The van der Waals surface area contributed by atoms with Crippen molar-refractivity contribution in [3.63, 3.8) is 0 Å². The molecule has 0 radical (unpaired) electrons. The van der Waals surface area contributed by atoms with E-state index in [9.17, 15) is 0 Å². The molecule has 4 heteroatoms. The van der Waals surface area contributed by atoms with Gasteiger partial charge in [-0.3, -0.25) is 11.3 Å². The quantitative estimate of drug-likeness (QED) is 0.643. The van der Waals surface area contributed by atoms with Gasteiger partial charge in [-0.05, 0) is 25.0 Å². The highest BCUT2D eigenvalue weighted by atomic mass is 32.1. The molecule has 1 aromatic heterocycles. The second-order valence-corrected chi connectivity index (χ2v) is 5.24. The first kappa shape index (κ1) is 13.1. The van der Waals surface area contributed by atoms with Gasteiger partial charge in [0, 0.05) is 10.3 Å². The second-order valence-electron chi connectivity index (χ2n) is 4.30. The van der Waals surface area contributed by atoms with E-state index in [1.807, 2.05) is 11.4 Å². The van der Waals surface area contributed by atoms with E-state index < -0.39 is 0 Å². The summed E-state index contributed by atoms with van der Waals surface area (Å²) >= 11 is 1.66. The van der Waals surface area contributed by atoms with E-state index in [-0.39, 0.29) is 6.04 Å². The lowest BCUT2D eigenvalue weighted by Gasteiger charge is -2.14. The highest BCUT2D eigenvalue weighted by molar-refractivity contribution is 7.10. The molecule has 1 heterocycles. The maximum atomic E-state index is 5.66. The van der Waals surface area contributed by atoms with Crippen molar-refractivity contribution in [2.75, 3.05) is 7.11 Å². The van der Waals surface area contributed by atoms with E-state index in [0.717, 1.165) is 12.2 Å². The van der Waals surface area contributed by atoms with Crippen LogP contribution in [-0.2, 0) is 6.42 Å². The summed E-state index contributed by atoms with van der Waals surface area (Å²) < 4.78 is 5.20. The van der Waals surface area contributed by atoms with E-state index >= 15 is 0 Å². The zero-order valence-corrected chi connectivity index (χ0v) is 11.5. The molecule has 0 aliphatic heterocycles. The van der Waals surface area contributed by atoms with Crippen LogP contribution in [-0.4, -0.2) is 7.11 Å². The third kappa shape index (κ3) is 3.10. The van der Waals surface area contributed by atoms with Crippen LogP contribution in [0.5, 0.6) is 5.75 Å². The smallest absolute Gasteiger partial charge is 0.129 e. The Hall–Kier alpha value is -1.36. The molecule has 1 atom stereocenters. The van der Waals surface area contributed by atoms with Gasteiger partial charge in [0.05, 0.1) is 13.2 Å². The minimum Gasteiger partial charge on any atom is -0.496 e. The molecule has 1 unspecified atom stereocenters. The Morgan fingerprint density at radius 1 is 1.39 bits per heavy atom. The van der Waals surface area contributed by atoms with Gasteiger partial charge in [-0.15, -0.1) is 11.3 Å². The number of benzene rings is 1. The van der Waals surface area contributed by atoms with Crippen molar-refractivity contribution in [1.82, 2.24) is 5.43 Å². The molecule has 18 heavy (non-hydrogen) atoms. The van der Waals surface area contributed by atoms with Gasteiger partial charge in [0.2, 0.25) is 0 Å². The predicted octanol–water partition coefficient (Wildman–Crippen LogP) is 2.81. The van der Waals surface area contributed by atoms with Crippen LogP contribution in [0.1, 0.15) is 22.0 Å². The van der Waals surface area contributed by atoms with Crippen LogP contribution in [0.4, 0.5) is 0 Å². The maximum absolute atomic E-state index is 5.66. The number of ether oxygens (including phenoxy) is 1. The first-order valence-corrected chi connectivity index (χ1v) is 6.75. The molecule has 0 saturated heterocycles. The Morgan fingerprint density at radius 2 is 2.22 bits per heavy atom. The summed E-state index contributed by atoms with van der Waals surface area (Å²) in [5, 5.41) is 2.00. The van der Waals surface area contributed by atoms with Crippen molar-refractivity contribution in [3.8, 4) is 5.75 Å². The first-order chi connectivity index (χ1) is 8.72. The van der Waals surface area contributed by atoms with Gasteiger partial charge < -0.3 is 4.74 Å². The Morgan fingerprint density at radius 3 is 2.83 bits per heavy atom. The monoisotopic (exact) mass is 262 g/mol. The molecular weight excluding hydrogens is 244 g/mol. The molecule has 0 bridgehead atoms. The van der Waals surface area contributed by atoms with Crippen molar-refractivity contribution in [2.45, 2.75) is 19.4 Å². The highest BCUT2D eigenvalue weighted by Crippen LogP contribution is 2.28. The van der Waals surface area contributed by atoms with Gasteiger partial charge in [-0.2, -0.15) is 0 Å². The zero-order chi connectivity index (χ0) is 13.0. The van der Waals surface area contributed by atoms with Crippen LogP contribution < -0.4 is 16.0 Å². The average molecular weight is 262 g/mol. The van der Waals surface area contributed by atoms with Gasteiger partial charge >= 0.3 is 0 Å². The summed E-state index contributed by atoms with van der Waals surface area (Å²) in [6.45, 7) is 2.10. The van der Waals surface area contributed by atoms with Gasteiger partial charge in [-0.1, -0.05) is 29.8 Å². The molecule has 1 aromatic carbocycles. The number of nitrogens with one attached hydrogen (secondary N) is 1. The van der Waals surface area contributed by atoms with Crippen LogP contribution in [0.15, 0.2) is 35.7 Å². The molecule has 0 fully saturated rings. The minimum atomic E-state index is 0.126. The first-order valence-electron chi connectivity index (χ1n) is 5.87. The van der Waals surface area contributed by atoms with Gasteiger partial charge in [0.1, 0.15) is 5.75 Å². The van der Waals surface area contributed by atoms with Crippen LogP contribution in [0.25, 0.3) is 0 Å². The molecule has 3 N–H and O–H groups in total. The molecule has 0 aliphatic rings. The molecule has 2 rings (SSSR count). The Labute approximate surface area is 112 Å². The molecule has 0 spiro atoms. The molecule has 0 amide bonds. The fraction of sp³-hybridized carbons (Fsp3) is 0.286. The molecule has 0 saturated carbocycles. The SMILES string of the molecule is COc1csc(C(Cc2cccc(C)c2)NN)c1. The lowest BCUT2D eigenvalue weighted by Crippen LogP contribution is -2.28. The van der Waals surface area contributed by atoms with Crippen molar-refractivity contribution in [3.05, 3.63) is 51.7 Å². The third-order valence-corrected chi connectivity index (χ3v) is 3.92. The lowest BCUT2D eigenvalue weighted by molar-refractivity contribution is 0.415. The summed E-state index contributed by atoms with van der Waals surface area (Å²) in [4.78, 5) is 1.19. The summed E-state index contributed by atoms with van der Waals surface area (Å²) in [5.74, 6) is 6.55. The number of thiophene rings is 1. The zero-order valence-electron chi connectivity index (χ0n) is 10.6. The summed E-state index contributed by atoms with van der Waals surface area (Å²) in [7, 11) is 1.68. The number of hydrogen-bond acceptors (Lipinski definition) is 4. The minimum absolute atomic E-state index is 0.126. The summed E-state index contributed by atoms with van der Waals surface area (Å²) in [6, 6.07) is 10.7.